The molecule has 156 valence electrons. The van der Waals surface area contributed by atoms with E-state index in [0.717, 1.165) is 52.4 Å². The number of anilines is 1. The number of aromatic amines is 1. The third kappa shape index (κ3) is 3.66. The molecule has 1 aromatic heterocycles. The Hall–Kier alpha value is -2.89. The van der Waals surface area contributed by atoms with Crippen molar-refractivity contribution in [3.8, 4) is 17.2 Å². The van der Waals surface area contributed by atoms with Gasteiger partial charge in [0.2, 0.25) is 10.0 Å². The molecular formula is C22H25N5O2S. The number of nitrogens with one attached hydrogen (secondary N) is 2. The Morgan fingerprint density at radius 3 is 2.70 bits per heavy atom. The van der Waals surface area contributed by atoms with E-state index in [-0.39, 0.29) is 16.9 Å². The number of rotatable bonds is 4. The highest BCUT2D eigenvalue weighted by Gasteiger charge is 2.27. The number of nitrogen functional groups attached to an aromatic ring is 1. The van der Waals surface area contributed by atoms with Crippen molar-refractivity contribution in [2.24, 2.45) is 5.92 Å². The van der Waals surface area contributed by atoms with Gasteiger partial charge in [0.15, 0.2) is 5.82 Å². The average molecular weight is 424 g/mol. The second-order valence-corrected chi connectivity index (χ2v) is 9.77. The Morgan fingerprint density at radius 1 is 1.20 bits per heavy atom. The van der Waals surface area contributed by atoms with E-state index in [1.807, 2.05) is 32.0 Å². The zero-order valence-electron chi connectivity index (χ0n) is 17.1. The summed E-state index contributed by atoms with van der Waals surface area (Å²) in [5.74, 6) is 0.373. The SMILES string of the molecule is Cc1cc(S(=O)(=O)N[C@@H]2CCC[C@@H](C#N)C2)ccc1-c1ccc2[nH]nc(N)c2c1C. The highest BCUT2D eigenvalue weighted by atomic mass is 32.2. The van der Waals surface area contributed by atoms with E-state index in [4.69, 9.17) is 11.0 Å². The van der Waals surface area contributed by atoms with Crippen molar-refractivity contribution in [2.45, 2.75) is 50.5 Å². The van der Waals surface area contributed by atoms with Crippen molar-refractivity contribution in [1.29, 1.82) is 5.26 Å². The van der Waals surface area contributed by atoms with Crippen LogP contribution >= 0.6 is 0 Å². The van der Waals surface area contributed by atoms with Crippen LogP contribution in [0.3, 0.4) is 0 Å². The number of nitrogens with zero attached hydrogens (tertiary/aromatic N) is 2. The predicted octanol–water partition coefficient (Wildman–Crippen LogP) is 3.79. The molecule has 7 nitrogen and oxygen atoms in total. The van der Waals surface area contributed by atoms with Gasteiger partial charge < -0.3 is 5.73 Å². The van der Waals surface area contributed by atoms with Crippen LogP contribution in [0.4, 0.5) is 5.82 Å². The molecule has 0 unspecified atom stereocenters. The summed E-state index contributed by atoms with van der Waals surface area (Å²) in [6.07, 6.45) is 3.04. The number of fused-ring (bicyclic) bond motifs is 1. The van der Waals surface area contributed by atoms with Crippen LogP contribution in [0, 0.1) is 31.1 Å². The molecule has 0 radical (unpaired) electrons. The molecule has 1 saturated carbocycles. The summed E-state index contributed by atoms with van der Waals surface area (Å²) in [7, 11) is -3.65. The quantitative estimate of drug-likeness (QED) is 0.589. The Bertz CT molecular complexity index is 1260. The third-order valence-corrected chi connectivity index (χ3v) is 7.51. The highest BCUT2D eigenvalue weighted by molar-refractivity contribution is 7.89. The first-order valence-corrected chi connectivity index (χ1v) is 11.5. The van der Waals surface area contributed by atoms with E-state index < -0.39 is 10.0 Å². The molecule has 0 bridgehead atoms. The first-order chi connectivity index (χ1) is 14.3. The Balaban J connectivity index is 1.64. The van der Waals surface area contributed by atoms with Gasteiger partial charge in [-0.15, -0.1) is 0 Å². The Labute approximate surface area is 176 Å². The van der Waals surface area contributed by atoms with Crippen LogP contribution in [0.5, 0.6) is 0 Å². The highest BCUT2D eigenvalue weighted by Crippen LogP contribution is 2.34. The van der Waals surface area contributed by atoms with Gasteiger partial charge in [-0.3, -0.25) is 5.10 Å². The van der Waals surface area contributed by atoms with Crippen molar-refractivity contribution in [3.05, 3.63) is 41.5 Å². The lowest BCUT2D eigenvalue weighted by Gasteiger charge is -2.26. The van der Waals surface area contributed by atoms with Crippen molar-refractivity contribution in [3.63, 3.8) is 0 Å². The van der Waals surface area contributed by atoms with Crippen molar-refractivity contribution in [2.75, 3.05) is 5.73 Å². The molecule has 0 saturated heterocycles. The minimum Gasteiger partial charge on any atom is -0.382 e. The molecule has 0 aliphatic heterocycles. The molecular weight excluding hydrogens is 398 g/mol. The summed E-state index contributed by atoms with van der Waals surface area (Å²) in [6.45, 7) is 3.90. The number of sulfonamides is 1. The molecule has 8 heteroatoms. The molecule has 1 fully saturated rings. The third-order valence-electron chi connectivity index (χ3n) is 5.99. The topological polar surface area (TPSA) is 125 Å². The molecule has 3 aromatic rings. The maximum Gasteiger partial charge on any atom is 0.240 e. The molecule has 1 heterocycles. The number of nitrogens with two attached hydrogens (primary N) is 1. The van der Waals surface area contributed by atoms with Crippen LogP contribution < -0.4 is 10.5 Å². The van der Waals surface area contributed by atoms with E-state index in [1.165, 1.54) is 0 Å². The van der Waals surface area contributed by atoms with Gasteiger partial charge >= 0.3 is 0 Å². The number of nitriles is 1. The molecule has 0 spiro atoms. The lowest BCUT2D eigenvalue weighted by molar-refractivity contribution is 0.358. The van der Waals surface area contributed by atoms with Gasteiger partial charge in [0, 0.05) is 17.3 Å². The average Bonchev–Trinajstić information content (AvgIpc) is 3.10. The van der Waals surface area contributed by atoms with Crippen molar-refractivity contribution < 1.29 is 8.42 Å². The van der Waals surface area contributed by atoms with Gasteiger partial charge in [0.1, 0.15) is 0 Å². The van der Waals surface area contributed by atoms with Crippen molar-refractivity contribution >= 4 is 26.7 Å². The maximum atomic E-state index is 12.9. The maximum absolute atomic E-state index is 12.9. The molecule has 1 aliphatic carbocycles. The van der Waals surface area contributed by atoms with E-state index in [2.05, 4.69) is 21.0 Å². The number of H-pyrrole nitrogens is 1. The normalized spacial score (nSPS) is 19.6. The number of aryl methyl sites for hydroxylation is 2. The smallest absolute Gasteiger partial charge is 0.240 e. The number of benzene rings is 2. The fraction of sp³-hybridized carbons (Fsp3) is 0.364. The van der Waals surface area contributed by atoms with Crippen LogP contribution in [-0.4, -0.2) is 24.7 Å². The van der Waals surface area contributed by atoms with E-state index >= 15 is 0 Å². The minimum atomic E-state index is -3.65. The Kier molecular flexibility index (Phi) is 5.26. The van der Waals surface area contributed by atoms with Gasteiger partial charge in [-0.05, 0) is 73.6 Å². The second-order valence-electron chi connectivity index (χ2n) is 8.06. The van der Waals surface area contributed by atoms with E-state index in [9.17, 15) is 8.42 Å². The summed E-state index contributed by atoms with van der Waals surface area (Å²) in [4.78, 5) is 0.240. The summed E-state index contributed by atoms with van der Waals surface area (Å²) in [6, 6.07) is 11.2. The van der Waals surface area contributed by atoms with Gasteiger partial charge in [0.25, 0.3) is 0 Å². The summed E-state index contributed by atoms with van der Waals surface area (Å²) < 4.78 is 28.6. The molecule has 1 aliphatic rings. The lowest BCUT2D eigenvalue weighted by Crippen LogP contribution is -2.38. The standard InChI is InChI=1S/C22H25N5O2S/c1-13-10-17(30(28,29)27-16-5-3-4-15(11-16)12-23)6-7-18(13)19-8-9-20-21(14(19)2)22(24)26-25-20/h6-10,15-16,27H,3-5,11H2,1-2H3,(H3,24,25,26)/t15-,16-/m1/s1. The van der Waals surface area contributed by atoms with E-state index in [0.29, 0.717) is 12.2 Å². The zero-order chi connectivity index (χ0) is 21.5. The summed E-state index contributed by atoms with van der Waals surface area (Å²) >= 11 is 0. The number of aromatic nitrogens is 2. The van der Waals surface area contributed by atoms with Gasteiger partial charge in [-0.25, -0.2) is 13.1 Å². The van der Waals surface area contributed by atoms with Crippen LogP contribution in [0.25, 0.3) is 22.0 Å². The Morgan fingerprint density at radius 2 is 1.97 bits per heavy atom. The summed E-state index contributed by atoms with van der Waals surface area (Å²) in [5.41, 5.74) is 10.7. The summed E-state index contributed by atoms with van der Waals surface area (Å²) in [5, 5.41) is 17.0. The fourth-order valence-electron chi connectivity index (χ4n) is 4.41. The van der Waals surface area contributed by atoms with Crippen molar-refractivity contribution in [1.82, 2.24) is 14.9 Å². The molecule has 2 aromatic carbocycles. The minimum absolute atomic E-state index is 0.0798. The molecule has 4 N–H and O–H groups in total. The van der Waals surface area contributed by atoms with Gasteiger partial charge in [-0.1, -0.05) is 18.6 Å². The first-order valence-electron chi connectivity index (χ1n) is 10.1. The molecule has 4 rings (SSSR count). The number of hydrogen-bond donors (Lipinski definition) is 3. The van der Waals surface area contributed by atoms with Gasteiger partial charge in [0.05, 0.1) is 16.5 Å². The predicted molar refractivity (Wildman–Crippen MR) is 117 cm³/mol. The second kappa shape index (κ2) is 7.74. The molecule has 2 atom stereocenters. The number of hydrogen-bond acceptors (Lipinski definition) is 5. The molecule has 30 heavy (non-hydrogen) atoms. The fourth-order valence-corrected chi connectivity index (χ4v) is 5.78. The largest absolute Gasteiger partial charge is 0.382 e. The van der Waals surface area contributed by atoms with Crippen LogP contribution in [0.2, 0.25) is 0 Å². The monoisotopic (exact) mass is 423 g/mol. The van der Waals surface area contributed by atoms with Crippen LogP contribution in [0.1, 0.15) is 36.8 Å². The van der Waals surface area contributed by atoms with Gasteiger partial charge in [-0.2, -0.15) is 10.4 Å². The molecule has 0 amide bonds. The first kappa shape index (κ1) is 20.4. The van der Waals surface area contributed by atoms with E-state index in [1.54, 1.807) is 12.1 Å². The lowest BCUT2D eigenvalue weighted by atomic mass is 9.87. The van der Waals surface area contributed by atoms with Crippen LogP contribution in [0.15, 0.2) is 35.2 Å². The van der Waals surface area contributed by atoms with Crippen LogP contribution in [-0.2, 0) is 10.0 Å². The zero-order valence-corrected chi connectivity index (χ0v) is 17.9.